The normalized spacial score (nSPS) is 32.8. The highest BCUT2D eigenvalue weighted by atomic mass is 16.5. The highest BCUT2D eigenvalue weighted by Gasteiger charge is 2.31. The summed E-state index contributed by atoms with van der Waals surface area (Å²) in [5, 5.41) is 2.96. The zero-order valence-electron chi connectivity index (χ0n) is 12.4. The molecule has 2 heterocycles. The number of ether oxygens (including phenoxy) is 1. The third kappa shape index (κ3) is 3.91. The van der Waals surface area contributed by atoms with E-state index >= 15 is 0 Å². The van der Waals surface area contributed by atoms with E-state index in [0.717, 1.165) is 39.0 Å². The molecule has 0 aromatic carbocycles. The second-order valence-corrected chi connectivity index (χ2v) is 5.89. The van der Waals surface area contributed by atoms with Gasteiger partial charge in [0.05, 0.1) is 18.8 Å². The van der Waals surface area contributed by atoms with Gasteiger partial charge in [0.1, 0.15) is 0 Å². The molecule has 2 aliphatic heterocycles. The largest absolute Gasteiger partial charge is 0.373 e. The lowest BCUT2D eigenvalue weighted by Gasteiger charge is -2.38. The molecule has 0 saturated carbocycles. The van der Waals surface area contributed by atoms with E-state index < -0.39 is 0 Å². The lowest BCUT2D eigenvalue weighted by molar-refractivity contribution is -0.131. The van der Waals surface area contributed by atoms with Crippen molar-refractivity contribution in [3.8, 4) is 0 Å². The molecule has 0 unspecified atom stereocenters. The van der Waals surface area contributed by atoms with Gasteiger partial charge in [-0.05, 0) is 33.7 Å². The average Bonchev–Trinajstić information content (AvgIpc) is 2.76. The zero-order chi connectivity index (χ0) is 13.8. The minimum absolute atomic E-state index is 0.236. The Kier molecular flexibility index (Phi) is 5.19. The number of likely N-dealkylation sites (N-methyl/N-ethyl adjacent to an activating group) is 1. The van der Waals surface area contributed by atoms with Crippen LogP contribution in [0.4, 0.5) is 0 Å². The predicted octanol–water partition coefficient (Wildman–Crippen LogP) is 0.306. The summed E-state index contributed by atoms with van der Waals surface area (Å²) in [5.74, 6) is 0.236. The number of nitrogens with zero attached hydrogens (tertiary/aromatic N) is 2. The smallest absolute Gasteiger partial charge is 0.236 e. The van der Waals surface area contributed by atoms with Gasteiger partial charge < -0.3 is 15.0 Å². The SMILES string of the molecule is CNCC(=O)N1CCC[C@H]1CN1C[C@@H](C)O[C@@H](C)C1. The van der Waals surface area contributed by atoms with Crippen LogP contribution in [0.15, 0.2) is 0 Å². The van der Waals surface area contributed by atoms with Crippen molar-refractivity contribution in [1.29, 1.82) is 0 Å². The van der Waals surface area contributed by atoms with Crippen LogP contribution < -0.4 is 5.32 Å². The van der Waals surface area contributed by atoms with Crippen molar-refractivity contribution >= 4 is 5.91 Å². The van der Waals surface area contributed by atoms with E-state index in [0.29, 0.717) is 24.8 Å². The molecule has 0 spiro atoms. The van der Waals surface area contributed by atoms with Crippen LogP contribution in [0.3, 0.4) is 0 Å². The second-order valence-electron chi connectivity index (χ2n) is 5.89. The number of rotatable bonds is 4. The lowest BCUT2D eigenvalue weighted by atomic mass is 10.1. The van der Waals surface area contributed by atoms with E-state index in [4.69, 9.17) is 4.74 Å². The molecular weight excluding hydrogens is 242 g/mol. The predicted molar refractivity (Wildman–Crippen MR) is 75.1 cm³/mol. The third-order valence-corrected chi connectivity index (χ3v) is 3.99. The molecule has 0 aromatic rings. The van der Waals surface area contributed by atoms with Crippen molar-refractivity contribution < 1.29 is 9.53 Å². The molecule has 0 aromatic heterocycles. The van der Waals surface area contributed by atoms with Crippen molar-refractivity contribution in [2.75, 3.05) is 39.8 Å². The number of carbonyl (C=O) groups excluding carboxylic acids is 1. The van der Waals surface area contributed by atoms with Gasteiger partial charge in [0.2, 0.25) is 5.91 Å². The number of amides is 1. The van der Waals surface area contributed by atoms with E-state index in [-0.39, 0.29) is 5.91 Å². The van der Waals surface area contributed by atoms with Gasteiger partial charge in [0.15, 0.2) is 0 Å². The summed E-state index contributed by atoms with van der Waals surface area (Å²) >= 11 is 0. The molecule has 0 aliphatic carbocycles. The van der Waals surface area contributed by atoms with E-state index in [1.807, 2.05) is 7.05 Å². The number of carbonyl (C=O) groups is 1. The van der Waals surface area contributed by atoms with Gasteiger partial charge in [-0.3, -0.25) is 9.69 Å². The Morgan fingerprint density at radius 2 is 2.00 bits per heavy atom. The Morgan fingerprint density at radius 1 is 1.32 bits per heavy atom. The Balaban J connectivity index is 1.88. The van der Waals surface area contributed by atoms with Crippen LogP contribution >= 0.6 is 0 Å². The Bertz CT molecular complexity index is 301. The second kappa shape index (κ2) is 6.68. The molecule has 3 atom stereocenters. The molecule has 0 bridgehead atoms. The number of nitrogens with one attached hydrogen (secondary N) is 1. The van der Waals surface area contributed by atoms with Crippen LogP contribution in [0.25, 0.3) is 0 Å². The van der Waals surface area contributed by atoms with Gasteiger partial charge in [-0.15, -0.1) is 0 Å². The van der Waals surface area contributed by atoms with Crippen molar-refractivity contribution in [3.05, 3.63) is 0 Å². The maximum Gasteiger partial charge on any atom is 0.236 e. The van der Waals surface area contributed by atoms with E-state index in [2.05, 4.69) is 29.0 Å². The molecule has 5 nitrogen and oxygen atoms in total. The minimum Gasteiger partial charge on any atom is -0.373 e. The summed E-state index contributed by atoms with van der Waals surface area (Å²) in [6.07, 6.45) is 2.86. The molecule has 110 valence electrons. The zero-order valence-corrected chi connectivity index (χ0v) is 12.4. The maximum atomic E-state index is 12.0. The summed E-state index contributed by atoms with van der Waals surface area (Å²) in [4.78, 5) is 16.6. The van der Waals surface area contributed by atoms with Gasteiger partial charge in [-0.25, -0.2) is 0 Å². The molecule has 2 fully saturated rings. The van der Waals surface area contributed by atoms with Gasteiger partial charge in [0, 0.05) is 32.2 Å². The van der Waals surface area contributed by atoms with Gasteiger partial charge in [0.25, 0.3) is 0 Å². The summed E-state index contributed by atoms with van der Waals surface area (Å²) in [6.45, 7) is 8.58. The van der Waals surface area contributed by atoms with Crippen LogP contribution in [0.5, 0.6) is 0 Å². The van der Waals surface area contributed by atoms with Crippen molar-refractivity contribution in [3.63, 3.8) is 0 Å². The van der Waals surface area contributed by atoms with Crippen LogP contribution in [-0.4, -0.2) is 73.7 Å². The summed E-state index contributed by atoms with van der Waals surface area (Å²) in [6, 6.07) is 0.387. The fraction of sp³-hybridized carbons (Fsp3) is 0.929. The molecule has 2 aliphatic rings. The first kappa shape index (κ1) is 14.8. The Labute approximate surface area is 116 Å². The Hall–Kier alpha value is -0.650. The summed E-state index contributed by atoms with van der Waals surface area (Å²) in [7, 11) is 1.83. The first-order valence-corrected chi connectivity index (χ1v) is 7.42. The molecule has 1 N–H and O–H groups in total. The molecule has 19 heavy (non-hydrogen) atoms. The molecule has 1 amide bonds. The van der Waals surface area contributed by atoms with Crippen LogP contribution in [0, 0.1) is 0 Å². The van der Waals surface area contributed by atoms with Gasteiger partial charge >= 0.3 is 0 Å². The molecule has 0 radical (unpaired) electrons. The van der Waals surface area contributed by atoms with Crippen molar-refractivity contribution in [2.24, 2.45) is 0 Å². The Morgan fingerprint density at radius 3 is 2.63 bits per heavy atom. The number of likely N-dealkylation sites (tertiary alicyclic amines) is 1. The average molecular weight is 269 g/mol. The number of hydrogen-bond acceptors (Lipinski definition) is 4. The summed E-state index contributed by atoms with van der Waals surface area (Å²) in [5.41, 5.74) is 0. The number of morpholine rings is 1. The fourth-order valence-corrected chi connectivity index (χ4v) is 3.34. The van der Waals surface area contributed by atoms with E-state index in [9.17, 15) is 4.79 Å². The monoisotopic (exact) mass is 269 g/mol. The van der Waals surface area contributed by atoms with Crippen LogP contribution in [-0.2, 0) is 9.53 Å². The van der Waals surface area contributed by atoms with Gasteiger partial charge in [-0.2, -0.15) is 0 Å². The van der Waals surface area contributed by atoms with Crippen LogP contribution in [0.1, 0.15) is 26.7 Å². The van der Waals surface area contributed by atoms with Crippen molar-refractivity contribution in [1.82, 2.24) is 15.1 Å². The molecule has 2 rings (SSSR count). The van der Waals surface area contributed by atoms with Crippen LogP contribution in [0.2, 0.25) is 0 Å². The lowest BCUT2D eigenvalue weighted by Crippen LogP contribution is -2.51. The highest BCUT2D eigenvalue weighted by Crippen LogP contribution is 2.20. The topological polar surface area (TPSA) is 44.8 Å². The third-order valence-electron chi connectivity index (χ3n) is 3.99. The molecule has 5 heteroatoms. The summed E-state index contributed by atoms with van der Waals surface area (Å²) < 4.78 is 5.76. The quantitative estimate of drug-likeness (QED) is 0.797. The maximum absolute atomic E-state index is 12.0. The van der Waals surface area contributed by atoms with E-state index in [1.165, 1.54) is 0 Å². The highest BCUT2D eigenvalue weighted by molar-refractivity contribution is 5.78. The molecular formula is C14H27N3O2. The standard InChI is InChI=1S/C14H27N3O2/c1-11-8-16(9-12(2)19-11)10-13-5-4-6-17(13)14(18)7-15-3/h11-13,15H,4-10H2,1-3H3/t11-,12+,13-/m0/s1. The van der Waals surface area contributed by atoms with E-state index in [1.54, 1.807) is 0 Å². The first-order valence-electron chi connectivity index (χ1n) is 7.42. The fourth-order valence-electron chi connectivity index (χ4n) is 3.34. The van der Waals surface area contributed by atoms with Crippen molar-refractivity contribution in [2.45, 2.75) is 44.9 Å². The number of hydrogen-bond donors (Lipinski definition) is 1. The first-order chi connectivity index (χ1) is 9.10. The minimum atomic E-state index is 0.236. The van der Waals surface area contributed by atoms with Gasteiger partial charge in [-0.1, -0.05) is 0 Å². The molecule has 2 saturated heterocycles.